The summed E-state index contributed by atoms with van der Waals surface area (Å²) in [5.41, 5.74) is 0. The zero-order valence-electron chi connectivity index (χ0n) is 8.20. The summed E-state index contributed by atoms with van der Waals surface area (Å²) in [7, 11) is -4.39. The van der Waals surface area contributed by atoms with Crippen molar-refractivity contribution in [3.63, 3.8) is 0 Å². The van der Waals surface area contributed by atoms with Crippen molar-refractivity contribution in [2.24, 2.45) is 0 Å². The summed E-state index contributed by atoms with van der Waals surface area (Å²) in [6.07, 6.45) is 2.52. The van der Waals surface area contributed by atoms with Crippen LogP contribution in [0.1, 0.15) is 19.3 Å². The minimum atomic E-state index is -4.39. The molecule has 2 atom stereocenters. The van der Waals surface area contributed by atoms with Gasteiger partial charge in [0.1, 0.15) is 0 Å². The average Bonchev–Trinajstić information content (AvgIpc) is 2.44. The number of rotatable bonds is 2. The lowest BCUT2D eigenvalue weighted by Gasteiger charge is -2.22. The molecular weight excluding hydrogens is 226 g/mol. The molecule has 0 saturated carbocycles. The van der Waals surface area contributed by atoms with E-state index in [4.69, 9.17) is 0 Å². The molecule has 88 valence electrons. The van der Waals surface area contributed by atoms with Gasteiger partial charge in [0.05, 0.1) is 0 Å². The third kappa shape index (κ3) is 2.14. The Morgan fingerprint density at radius 2 is 1.87 bits per heavy atom. The summed E-state index contributed by atoms with van der Waals surface area (Å²) in [6, 6.07) is 0.346. The maximum Gasteiger partial charge on any atom is 0.350 e. The maximum absolute atomic E-state index is 12.3. The fraction of sp³-hybridized carbons (Fsp3) is 1.00. The van der Waals surface area contributed by atoms with Crippen LogP contribution in [0.5, 0.6) is 0 Å². The lowest BCUT2D eigenvalue weighted by molar-refractivity contribution is 0.217. The van der Waals surface area contributed by atoms with Crippen LogP contribution in [0.15, 0.2) is 0 Å². The van der Waals surface area contributed by atoms with Gasteiger partial charge < -0.3 is 5.32 Å². The smallest absolute Gasteiger partial charge is 0.310 e. The molecule has 15 heavy (non-hydrogen) atoms. The normalized spacial score (nSPS) is 33.3. The van der Waals surface area contributed by atoms with Crippen molar-refractivity contribution in [3.05, 3.63) is 0 Å². The number of nitrogens with one attached hydrogen (secondary N) is 1. The number of alkyl halides is 2. The highest BCUT2D eigenvalue weighted by atomic mass is 32.2. The van der Waals surface area contributed by atoms with E-state index in [1.807, 2.05) is 0 Å². The number of sulfonamides is 1. The summed E-state index contributed by atoms with van der Waals surface area (Å²) in [6.45, 7) is 0.393. The molecule has 2 unspecified atom stereocenters. The molecule has 7 heteroatoms. The molecule has 4 nitrogen and oxygen atoms in total. The fourth-order valence-electron chi connectivity index (χ4n) is 2.25. The number of fused-ring (bicyclic) bond motifs is 2. The number of hydrogen-bond acceptors (Lipinski definition) is 3. The van der Waals surface area contributed by atoms with Crippen molar-refractivity contribution in [1.29, 1.82) is 0 Å². The molecule has 2 fully saturated rings. The molecule has 2 saturated heterocycles. The summed E-state index contributed by atoms with van der Waals surface area (Å²) in [5.74, 6) is -3.30. The van der Waals surface area contributed by atoms with E-state index >= 15 is 0 Å². The first-order valence-electron chi connectivity index (χ1n) is 5.03. The van der Waals surface area contributed by atoms with E-state index in [-0.39, 0.29) is 19.1 Å². The van der Waals surface area contributed by atoms with Crippen LogP contribution in [0.4, 0.5) is 8.78 Å². The van der Waals surface area contributed by atoms with Crippen molar-refractivity contribution in [1.82, 2.24) is 9.62 Å². The Balaban J connectivity index is 2.11. The van der Waals surface area contributed by atoms with Crippen molar-refractivity contribution in [2.75, 3.05) is 13.1 Å². The molecule has 2 heterocycles. The van der Waals surface area contributed by atoms with Crippen LogP contribution < -0.4 is 5.32 Å². The summed E-state index contributed by atoms with van der Waals surface area (Å²) < 4.78 is 48.1. The van der Waals surface area contributed by atoms with Gasteiger partial charge in [-0.25, -0.2) is 8.42 Å². The van der Waals surface area contributed by atoms with Crippen LogP contribution in [-0.4, -0.2) is 43.7 Å². The molecule has 0 aromatic rings. The standard InChI is InChI=1S/C8H14F2N2O2S/c9-8(10)15(13,14)12-4-3-6-1-2-7(5-12)11-6/h6-8,11H,1-5H2. The zero-order chi connectivity index (χ0) is 11.1. The van der Waals surface area contributed by atoms with Gasteiger partial charge in [-0.05, 0) is 19.3 Å². The largest absolute Gasteiger partial charge is 0.350 e. The van der Waals surface area contributed by atoms with Gasteiger partial charge in [0.25, 0.3) is 10.0 Å². The molecule has 0 amide bonds. The van der Waals surface area contributed by atoms with Crippen molar-refractivity contribution >= 4 is 10.0 Å². The van der Waals surface area contributed by atoms with Gasteiger partial charge in [0.15, 0.2) is 0 Å². The molecular formula is C8H14F2N2O2S. The Hall–Kier alpha value is -0.270. The van der Waals surface area contributed by atoms with E-state index in [9.17, 15) is 17.2 Å². The minimum absolute atomic E-state index is 0.0472. The molecule has 0 spiro atoms. The van der Waals surface area contributed by atoms with Gasteiger partial charge in [0, 0.05) is 25.2 Å². The second-order valence-corrected chi connectivity index (χ2v) is 5.99. The third-order valence-corrected chi connectivity index (χ3v) is 4.57. The fourth-order valence-corrected chi connectivity index (χ4v) is 3.23. The summed E-state index contributed by atoms with van der Waals surface area (Å²) >= 11 is 0. The van der Waals surface area contributed by atoms with Gasteiger partial charge in [-0.15, -0.1) is 0 Å². The molecule has 2 bridgehead atoms. The van der Waals surface area contributed by atoms with Crippen LogP contribution in [0.25, 0.3) is 0 Å². The molecule has 0 aliphatic carbocycles. The van der Waals surface area contributed by atoms with Gasteiger partial charge in [-0.3, -0.25) is 0 Å². The van der Waals surface area contributed by atoms with Crippen molar-refractivity contribution in [3.8, 4) is 0 Å². The van der Waals surface area contributed by atoms with Crippen LogP contribution in [0, 0.1) is 0 Å². The van der Waals surface area contributed by atoms with E-state index in [1.54, 1.807) is 0 Å². The molecule has 0 aromatic carbocycles. The predicted octanol–water partition coefficient (Wildman–Crippen LogP) is 0.365. The molecule has 0 radical (unpaired) electrons. The van der Waals surface area contributed by atoms with E-state index < -0.39 is 15.8 Å². The first-order chi connectivity index (χ1) is 7.00. The third-order valence-electron chi connectivity index (χ3n) is 3.07. The maximum atomic E-state index is 12.3. The average molecular weight is 240 g/mol. The monoisotopic (exact) mass is 240 g/mol. The summed E-state index contributed by atoms with van der Waals surface area (Å²) in [5, 5.41) is 3.24. The molecule has 1 N–H and O–H groups in total. The first-order valence-corrected chi connectivity index (χ1v) is 6.53. The molecule has 2 aliphatic rings. The van der Waals surface area contributed by atoms with Crippen LogP contribution in [0.3, 0.4) is 0 Å². The van der Waals surface area contributed by atoms with Crippen LogP contribution >= 0.6 is 0 Å². The molecule has 2 rings (SSSR count). The van der Waals surface area contributed by atoms with Gasteiger partial charge in [-0.1, -0.05) is 0 Å². The Kier molecular flexibility index (Phi) is 2.96. The van der Waals surface area contributed by atoms with E-state index in [0.717, 1.165) is 17.1 Å². The topological polar surface area (TPSA) is 49.4 Å². The van der Waals surface area contributed by atoms with E-state index in [2.05, 4.69) is 5.32 Å². The number of nitrogens with zero attached hydrogens (tertiary/aromatic N) is 1. The Labute approximate surface area is 87.7 Å². The highest BCUT2D eigenvalue weighted by molar-refractivity contribution is 7.89. The minimum Gasteiger partial charge on any atom is -0.310 e. The van der Waals surface area contributed by atoms with Crippen molar-refractivity contribution in [2.45, 2.75) is 37.1 Å². The van der Waals surface area contributed by atoms with Gasteiger partial charge >= 0.3 is 5.76 Å². The van der Waals surface area contributed by atoms with Crippen LogP contribution in [0.2, 0.25) is 0 Å². The van der Waals surface area contributed by atoms with E-state index in [1.165, 1.54) is 0 Å². The Morgan fingerprint density at radius 1 is 1.20 bits per heavy atom. The second-order valence-electron chi connectivity index (χ2n) is 4.09. The first kappa shape index (κ1) is 11.2. The Morgan fingerprint density at radius 3 is 2.53 bits per heavy atom. The highest BCUT2D eigenvalue weighted by Gasteiger charge is 2.38. The molecule has 0 aromatic heterocycles. The molecule has 2 aliphatic heterocycles. The van der Waals surface area contributed by atoms with E-state index in [0.29, 0.717) is 12.5 Å². The lowest BCUT2D eigenvalue weighted by Crippen LogP contribution is -2.41. The van der Waals surface area contributed by atoms with Gasteiger partial charge in [-0.2, -0.15) is 13.1 Å². The van der Waals surface area contributed by atoms with Crippen molar-refractivity contribution < 1.29 is 17.2 Å². The SMILES string of the molecule is O=S(=O)(C(F)F)N1CCC2CCC(C1)N2. The highest BCUT2D eigenvalue weighted by Crippen LogP contribution is 2.23. The number of halogens is 2. The zero-order valence-corrected chi connectivity index (χ0v) is 9.01. The summed E-state index contributed by atoms with van der Waals surface area (Å²) in [4.78, 5) is 0. The lowest BCUT2D eigenvalue weighted by atomic mass is 10.1. The number of hydrogen-bond donors (Lipinski definition) is 1. The van der Waals surface area contributed by atoms with Crippen LogP contribution in [-0.2, 0) is 10.0 Å². The predicted molar refractivity (Wildman–Crippen MR) is 51.1 cm³/mol. The second kappa shape index (κ2) is 3.95. The van der Waals surface area contributed by atoms with Gasteiger partial charge in [0.2, 0.25) is 0 Å². The Bertz CT molecular complexity index is 334. The quantitative estimate of drug-likeness (QED) is 0.758.